The molecule has 0 aromatic heterocycles. The number of fused-ring (bicyclic) bond motifs is 1. The third kappa shape index (κ3) is 4.70. The van der Waals surface area contributed by atoms with E-state index in [2.05, 4.69) is 5.32 Å². The van der Waals surface area contributed by atoms with E-state index in [1.54, 1.807) is 12.1 Å². The second-order valence-electron chi connectivity index (χ2n) is 9.17. The molecule has 5 rings (SSSR count). The monoisotopic (exact) mass is 527 g/mol. The maximum atomic E-state index is 13.7. The van der Waals surface area contributed by atoms with Crippen LogP contribution in [0.1, 0.15) is 27.8 Å². The van der Waals surface area contributed by atoms with Crippen LogP contribution < -0.4 is 10.2 Å². The number of rotatable bonds is 5. The molecule has 0 saturated carbocycles. The fourth-order valence-corrected chi connectivity index (χ4v) is 5.88. The molecule has 0 radical (unpaired) electrons. The van der Waals surface area contributed by atoms with E-state index >= 15 is 0 Å². The molecule has 0 bridgehead atoms. The van der Waals surface area contributed by atoms with Crippen molar-refractivity contribution in [1.29, 1.82) is 0 Å². The molecule has 0 spiro atoms. The molecule has 0 aliphatic carbocycles. The summed E-state index contributed by atoms with van der Waals surface area (Å²) >= 11 is 6.67. The Morgan fingerprint density at radius 1 is 0.865 bits per heavy atom. The highest BCUT2D eigenvalue weighted by molar-refractivity contribution is 8.26. The van der Waals surface area contributed by atoms with E-state index in [4.69, 9.17) is 12.2 Å². The first-order chi connectivity index (χ1) is 17.7. The van der Waals surface area contributed by atoms with E-state index in [1.807, 2.05) is 75.4 Å². The molecule has 2 aliphatic heterocycles. The molecule has 2 aliphatic rings. The van der Waals surface area contributed by atoms with Gasteiger partial charge in [0.25, 0.3) is 11.8 Å². The summed E-state index contributed by atoms with van der Waals surface area (Å²) in [5.74, 6) is -0.988. The van der Waals surface area contributed by atoms with Crippen molar-refractivity contribution in [3.05, 3.63) is 99.5 Å². The molecule has 2 heterocycles. The summed E-state index contributed by atoms with van der Waals surface area (Å²) in [6, 6.07) is 20.9. The molecule has 186 valence electrons. The zero-order valence-electron chi connectivity index (χ0n) is 20.7. The number of nitrogens with zero attached hydrogens (tertiary/aromatic N) is 2. The lowest BCUT2D eigenvalue weighted by Gasteiger charge is -2.18. The van der Waals surface area contributed by atoms with Gasteiger partial charge in [0.2, 0.25) is 5.91 Å². The van der Waals surface area contributed by atoms with Crippen molar-refractivity contribution in [2.24, 2.45) is 0 Å². The Labute approximate surface area is 225 Å². The van der Waals surface area contributed by atoms with Crippen LogP contribution in [-0.2, 0) is 20.9 Å². The number of anilines is 2. The van der Waals surface area contributed by atoms with Gasteiger partial charge in [-0.3, -0.25) is 24.2 Å². The summed E-state index contributed by atoms with van der Waals surface area (Å²) in [6.07, 6.45) is 0. The number of thiocarbonyl (C=S) groups is 1. The predicted molar refractivity (Wildman–Crippen MR) is 152 cm³/mol. The maximum Gasteiger partial charge on any atom is 0.267 e. The van der Waals surface area contributed by atoms with Crippen LogP contribution in [0.25, 0.3) is 5.57 Å². The molecular formula is C29H25N3O3S2. The van der Waals surface area contributed by atoms with Crippen molar-refractivity contribution in [2.75, 3.05) is 16.8 Å². The van der Waals surface area contributed by atoms with Gasteiger partial charge >= 0.3 is 0 Å². The van der Waals surface area contributed by atoms with Gasteiger partial charge in [-0.15, -0.1) is 0 Å². The number of para-hydroxylation sites is 2. The van der Waals surface area contributed by atoms with Crippen LogP contribution >= 0.6 is 24.0 Å². The molecule has 3 aromatic rings. The minimum absolute atomic E-state index is 0.170. The molecule has 3 aromatic carbocycles. The number of hydrogen-bond acceptors (Lipinski definition) is 5. The fraction of sp³-hybridized carbons (Fsp3) is 0.172. The Kier molecular flexibility index (Phi) is 6.70. The molecule has 1 saturated heterocycles. The average molecular weight is 528 g/mol. The number of carbonyl (C=O) groups excluding carboxylic acids is 3. The van der Waals surface area contributed by atoms with E-state index < -0.39 is 0 Å². The van der Waals surface area contributed by atoms with Gasteiger partial charge in [-0.1, -0.05) is 90.2 Å². The van der Waals surface area contributed by atoms with E-state index in [0.29, 0.717) is 32.6 Å². The van der Waals surface area contributed by atoms with Crippen molar-refractivity contribution in [3.63, 3.8) is 0 Å². The largest absolute Gasteiger partial charge is 0.324 e. The van der Waals surface area contributed by atoms with Gasteiger partial charge in [-0.2, -0.15) is 0 Å². The Morgan fingerprint density at radius 2 is 1.54 bits per heavy atom. The van der Waals surface area contributed by atoms with Gasteiger partial charge in [0.05, 0.1) is 22.7 Å². The number of thioether (sulfide) groups is 1. The van der Waals surface area contributed by atoms with Crippen LogP contribution in [0.5, 0.6) is 0 Å². The van der Waals surface area contributed by atoms with Gasteiger partial charge in [-0.05, 0) is 43.5 Å². The molecule has 0 unspecified atom stereocenters. The van der Waals surface area contributed by atoms with Crippen LogP contribution in [0.15, 0.2) is 71.6 Å². The lowest BCUT2D eigenvalue weighted by Crippen LogP contribution is -2.36. The van der Waals surface area contributed by atoms with Crippen molar-refractivity contribution >= 4 is 63.0 Å². The quantitative estimate of drug-likeness (QED) is 0.357. The molecule has 8 heteroatoms. The molecule has 6 nitrogen and oxygen atoms in total. The highest BCUT2D eigenvalue weighted by Gasteiger charge is 2.42. The summed E-state index contributed by atoms with van der Waals surface area (Å²) in [5.41, 5.74) is 6.23. The summed E-state index contributed by atoms with van der Waals surface area (Å²) in [4.78, 5) is 43.5. The van der Waals surface area contributed by atoms with Crippen molar-refractivity contribution in [2.45, 2.75) is 27.3 Å². The SMILES string of the molecule is Cc1ccc(CN2C(=O)C(=C3C(=O)N(CC(=O)Nc4c(C)cccc4C)c4ccccc43)SC2=S)cc1. The van der Waals surface area contributed by atoms with Crippen molar-refractivity contribution < 1.29 is 14.4 Å². The molecule has 1 N–H and O–H groups in total. The lowest BCUT2D eigenvalue weighted by molar-refractivity contribution is -0.122. The Balaban J connectivity index is 1.43. The normalized spacial score (nSPS) is 17.0. The van der Waals surface area contributed by atoms with Crippen LogP contribution in [-0.4, -0.2) is 33.5 Å². The highest BCUT2D eigenvalue weighted by Crippen LogP contribution is 2.44. The predicted octanol–water partition coefficient (Wildman–Crippen LogP) is 5.37. The summed E-state index contributed by atoms with van der Waals surface area (Å²) in [6.45, 7) is 6.02. The van der Waals surface area contributed by atoms with Gasteiger partial charge in [0.1, 0.15) is 10.9 Å². The van der Waals surface area contributed by atoms with Gasteiger partial charge < -0.3 is 5.32 Å². The van der Waals surface area contributed by atoms with Crippen LogP contribution in [0.2, 0.25) is 0 Å². The van der Waals surface area contributed by atoms with Gasteiger partial charge in [-0.25, -0.2) is 0 Å². The van der Waals surface area contributed by atoms with Crippen LogP contribution in [0.3, 0.4) is 0 Å². The minimum atomic E-state index is -0.381. The first-order valence-electron chi connectivity index (χ1n) is 11.9. The molecule has 1 fully saturated rings. The Bertz CT molecular complexity index is 1470. The zero-order chi connectivity index (χ0) is 26.3. The molecule has 37 heavy (non-hydrogen) atoms. The second-order valence-corrected chi connectivity index (χ2v) is 10.8. The molecular weight excluding hydrogens is 502 g/mol. The first kappa shape index (κ1) is 24.9. The Hall–Kier alpha value is -3.75. The van der Waals surface area contributed by atoms with Crippen molar-refractivity contribution in [1.82, 2.24) is 4.90 Å². The van der Waals surface area contributed by atoms with E-state index in [9.17, 15) is 14.4 Å². The topological polar surface area (TPSA) is 69.7 Å². The van der Waals surface area contributed by atoms with Gasteiger partial charge in [0.15, 0.2) is 0 Å². The number of nitrogens with one attached hydrogen (secondary N) is 1. The third-order valence-corrected chi connectivity index (χ3v) is 7.96. The van der Waals surface area contributed by atoms with E-state index in [1.165, 1.54) is 9.80 Å². The smallest absolute Gasteiger partial charge is 0.267 e. The Morgan fingerprint density at radius 3 is 2.24 bits per heavy atom. The number of carbonyl (C=O) groups is 3. The number of aryl methyl sites for hydroxylation is 3. The first-order valence-corrected chi connectivity index (χ1v) is 13.1. The summed E-state index contributed by atoms with van der Waals surface area (Å²) < 4.78 is 0.407. The molecule has 0 atom stereocenters. The standard InChI is InChI=1S/C29H25N3O3S2/c1-17-11-13-20(14-12-17)15-32-28(35)26(37-29(32)36)24-21-9-4-5-10-22(21)31(27(24)34)16-23(33)30-25-18(2)7-6-8-19(25)3/h4-14H,15-16H2,1-3H3,(H,30,33). The maximum absolute atomic E-state index is 13.7. The lowest BCUT2D eigenvalue weighted by atomic mass is 10.1. The van der Waals surface area contributed by atoms with E-state index in [0.717, 1.165) is 39.7 Å². The summed E-state index contributed by atoms with van der Waals surface area (Å²) in [5, 5.41) is 2.95. The number of hydrogen-bond donors (Lipinski definition) is 1. The fourth-order valence-electron chi connectivity index (χ4n) is 4.55. The second kappa shape index (κ2) is 9.95. The minimum Gasteiger partial charge on any atom is -0.324 e. The number of amides is 3. The number of benzene rings is 3. The van der Waals surface area contributed by atoms with Crippen LogP contribution in [0, 0.1) is 20.8 Å². The van der Waals surface area contributed by atoms with Crippen LogP contribution in [0.4, 0.5) is 11.4 Å². The average Bonchev–Trinajstić information content (AvgIpc) is 3.30. The van der Waals surface area contributed by atoms with Crippen molar-refractivity contribution in [3.8, 4) is 0 Å². The zero-order valence-corrected chi connectivity index (χ0v) is 22.3. The van der Waals surface area contributed by atoms with Gasteiger partial charge in [0, 0.05) is 11.3 Å². The highest BCUT2D eigenvalue weighted by atomic mass is 32.2. The summed E-state index contributed by atoms with van der Waals surface area (Å²) in [7, 11) is 0. The third-order valence-electron chi connectivity index (χ3n) is 6.51. The molecule has 3 amide bonds. The van der Waals surface area contributed by atoms with E-state index in [-0.39, 0.29) is 24.3 Å².